The van der Waals surface area contributed by atoms with Crippen LogP contribution in [0.1, 0.15) is 49.9 Å². The standard InChI is InChI=1S/C64H54N4/c1-5-65(6-2)61-45-49(35-29-47-31-37-55(38-32-47)67(51-21-13-9-14-22-51)52-23-15-10-16-24-52)57-42-44-60-62(66(7-3)8-4)46-50(58-41-43-59(61)63(57)64(58)60)36-30-48-33-39-56(40-34-48)68(53-25-17-11-18-26-53)54-27-19-12-20-28-54/h9-28,31-34,37-46H,5-8H2,1-4H3. The SMILES string of the molecule is CCN(CC)c1cc(C#Cc2ccc(N(c3ccccc3)c3ccccc3)cc2)c2ccc3c(N(CC)CC)cc(C#Cc4ccc(N(c5ccccc5)c5ccccc5)cc4)c4ccc1c2c43. The zero-order valence-corrected chi connectivity index (χ0v) is 39.2. The van der Waals surface area contributed by atoms with Crippen LogP contribution in [0.25, 0.3) is 32.3 Å². The molecule has 0 radical (unpaired) electrons. The van der Waals surface area contributed by atoms with E-state index in [0.29, 0.717) is 0 Å². The average molecular weight is 879 g/mol. The largest absolute Gasteiger partial charge is 0.372 e. The molecule has 10 aromatic carbocycles. The Balaban J connectivity index is 1.08. The Kier molecular flexibility index (Phi) is 12.5. The molecule has 0 saturated carbocycles. The molecule has 0 aliphatic heterocycles. The number of benzene rings is 10. The van der Waals surface area contributed by atoms with Crippen LogP contribution in [0.5, 0.6) is 0 Å². The highest BCUT2D eigenvalue weighted by atomic mass is 15.1. The summed E-state index contributed by atoms with van der Waals surface area (Å²) in [5.74, 6) is 14.6. The van der Waals surface area contributed by atoms with Gasteiger partial charge in [-0.05, 0) is 148 Å². The van der Waals surface area contributed by atoms with Crippen molar-refractivity contribution >= 4 is 77.8 Å². The van der Waals surface area contributed by atoms with Crippen molar-refractivity contribution < 1.29 is 0 Å². The molecule has 4 heteroatoms. The van der Waals surface area contributed by atoms with E-state index in [2.05, 4.69) is 277 Å². The molecule has 0 atom stereocenters. The lowest BCUT2D eigenvalue weighted by atomic mass is 9.88. The van der Waals surface area contributed by atoms with Crippen molar-refractivity contribution in [1.29, 1.82) is 0 Å². The predicted molar refractivity (Wildman–Crippen MR) is 291 cm³/mol. The second kappa shape index (κ2) is 19.6. The van der Waals surface area contributed by atoms with E-state index in [1.165, 1.54) is 32.9 Å². The van der Waals surface area contributed by atoms with E-state index in [9.17, 15) is 0 Å². The summed E-state index contributed by atoms with van der Waals surface area (Å²) in [5.41, 5.74) is 13.0. The smallest absolute Gasteiger partial charge is 0.0462 e. The average Bonchev–Trinajstić information content (AvgIpc) is 3.40. The van der Waals surface area contributed by atoms with Crippen molar-refractivity contribution in [1.82, 2.24) is 0 Å². The Labute approximate surface area is 401 Å². The van der Waals surface area contributed by atoms with Crippen molar-refractivity contribution in [3.8, 4) is 23.7 Å². The van der Waals surface area contributed by atoms with Crippen LogP contribution in [-0.2, 0) is 0 Å². The summed E-state index contributed by atoms with van der Waals surface area (Å²) >= 11 is 0. The second-order valence-electron chi connectivity index (χ2n) is 16.9. The van der Waals surface area contributed by atoms with Crippen LogP contribution in [-0.4, -0.2) is 26.2 Å². The van der Waals surface area contributed by atoms with Gasteiger partial charge < -0.3 is 19.6 Å². The first-order valence-corrected chi connectivity index (χ1v) is 23.9. The molecule has 330 valence electrons. The highest BCUT2D eigenvalue weighted by Gasteiger charge is 2.21. The predicted octanol–water partition coefficient (Wildman–Crippen LogP) is 16.0. The van der Waals surface area contributed by atoms with E-state index >= 15 is 0 Å². The summed E-state index contributed by atoms with van der Waals surface area (Å²) in [7, 11) is 0. The fourth-order valence-electron chi connectivity index (χ4n) is 9.68. The quantitative estimate of drug-likeness (QED) is 0.0895. The Hall–Kier alpha value is -8.44. The van der Waals surface area contributed by atoms with E-state index in [4.69, 9.17) is 0 Å². The third-order valence-electron chi connectivity index (χ3n) is 13.1. The van der Waals surface area contributed by atoms with Crippen LogP contribution in [0.2, 0.25) is 0 Å². The monoisotopic (exact) mass is 878 g/mol. The number of anilines is 8. The fraction of sp³-hybridized carbons (Fsp3) is 0.125. The van der Waals surface area contributed by atoms with Gasteiger partial charge in [-0.2, -0.15) is 0 Å². The molecule has 0 amide bonds. The molecule has 0 unspecified atom stereocenters. The molecule has 10 aromatic rings. The minimum Gasteiger partial charge on any atom is -0.372 e. The van der Waals surface area contributed by atoms with Gasteiger partial charge in [0, 0.05) is 115 Å². The molecule has 0 heterocycles. The van der Waals surface area contributed by atoms with Crippen LogP contribution in [0.15, 0.2) is 206 Å². The first-order chi connectivity index (χ1) is 33.6. The number of hydrogen-bond acceptors (Lipinski definition) is 4. The van der Waals surface area contributed by atoms with Gasteiger partial charge >= 0.3 is 0 Å². The van der Waals surface area contributed by atoms with Crippen LogP contribution < -0.4 is 19.6 Å². The number of hydrogen-bond donors (Lipinski definition) is 0. The van der Waals surface area contributed by atoms with E-state index < -0.39 is 0 Å². The maximum atomic E-state index is 3.69. The van der Waals surface area contributed by atoms with Gasteiger partial charge in [-0.25, -0.2) is 0 Å². The van der Waals surface area contributed by atoms with Crippen LogP contribution in [0, 0.1) is 23.7 Å². The van der Waals surface area contributed by atoms with Gasteiger partial charge in [0.05, 0.1) is 0 Å². The molecule has 0 spiro atoms. The molecule has 0 aliphatic rings. The minimum atomic E-state index is 0.892. The third kappa shape index (κ3) is 8.46. The van der Waals surface area contributed by atoms with Crippen molar-refractivity contribution in [2.45, 2.75) is 27.7 Å². The van der Waals surface area contributed by atoms with Gasteiger partial charge in [-0.3, -0.25) is 0 Å². The van der Waals surface area contributed by atoms with E-state index in [1.54, 1.807) is 0 Å². The Morgan fingerprint density at radius 2 is 0.574 bits per heavy atom. The highest BCUT2D eigenvalue weighted by molar-refractivity contribution is 6.29. The van der Waals surface area contributed by atoms with Gasteiger partial charge in [0.25, 0.3) is 0 Å². The lowest BCUT2D eigenvalue weighted by Crippen LogP contribution is -2.22. The van der Waals surface area contributed by atoms with E-state index in [1.807, 2.05) is 0 Å². The van der Waals surface area contributed by atoms with Crippen molar-refractivity contribution in [2.75, 3.05) is 45.8 Å². The summed E-state index contributed by atoms with van der Waals surface area (Å²) in [6, 6.07) is 73.2. The van der Waals surface area contributed by atoms with Crippen LogP contribution in [0.4, 0.5) is 45.5 Å². The molecule has 0 aliphatic carbocycles. The zero-order valence-electron chi connectivity index (χ0n) is 39.2. The van der Waals surface area contributed by atoms with Gasteiger partial charge in [0.2, 0.25) is 0 Å². The summed E-state index contributed by atoms with van der Waals surface area (Å²) in [6.07, 6.45) is 0. The molecular weight excluding hydrogens is 825 g/mol. The molecule has 68 heavy (non-hydrogen) atoms. The van der Waals surface area contributed by atoms with Crippen LogP contribution >= 0.6 is 0 Å². The minimum absolute atomic E-state index is 0.892. The molecule has 0 fully saturated rings. The van der Waals surface area contributed by atoms with Crippen molar-refractivity contribution in [3.63, 3.8) is 0 Å². The van der Waals surface area contributed by atoms with Gasteiger partial charge in [-0.1, -0.05) is 121 Å². The van der Waals surface area contributed by atoms with Gasteiger partial charge in [0.15, 0.2) is 0 Å². The lowest BCUT2D eigenvalue weighted by molar-refractivity contribution is 0.870. The summed E-state index contributed by atoms with van der Waals surface area (Å²) in [5, 5.41) is 7.29. The summed E-state index contributed by atoms with van der Waals surface area (Å²) < 4.78 is 0. The Bertz CT molecular complexity index is 3120. The summed E-state index contributed by atoms with van der Waals surface area (Å²) in [4.78, 5) is 9.48. The van der Waals surface area contributed by atoms with E-state index in [0.717, 1.165) is 93.3 Å². The fourth-order valence-corrected chi connectivity index (χ4v) is 9.68. The first-order valence-electron chi connectivity index (χ1n) is 23.9. The third-order valence-corrected chi connectivity index (χ3v) is 13.1. The first kappa shape index (κ1) is 43.5. The van der Waals surface area contributed by atoms with Crippen molar-refractivity contribution in [2.24, 2.45) is 0 Å². The number of para-hydroxylation sites is 4. The maximum Gasteiger partial charge on any atom is 0.0462 e. The Morgan fingerprint density at radius 3 is 0.868 bits per heavy atom. The molecule has 0 N–H and O–H groups in total. The zero-order chi connectivity index (χ0) is 46.4. The lowest BCUT2D eigenvalue weighted by Gasteiger charge is -2.27. The molecule has 0 saturated heterocycles. The van der Waals surface area contributed by atoms with Gasteiger partial charge in [-0.15, -0.1) is 0 Å². The highest BCUT2D eigenvalue weighted by Crippen LogP contribution is 2.45. The van der Waals surface area contributed by atoms with Gasteiger partial charge in [0.1, 0.15) is 0 Å². The molecule has 0 bridgehead atoms. The number of rotatable bonds is 12. The normalized spacial score (nSPS) is 10.9. The molecular formula is C64H54N4. The van der Waals surface area contributed by atoms with Crippen LogP contribution in [0.3, 0.4) is 0 Å². The number of nitrogens with zero attached hydrogens (tertiary/aromatic N) is 4. The molecule has 4 nitrogen and oxygen atoms in total. The Morgan fingerprint density at radius 1 is 0.294 bits per heavy atom. The topological polar surface area (TPSA) is 13.0 Å². The van der Waals surface area contributed by atoms with Crippen molar-refractivity contribution in [3.05, 3.63) is 229 Å². The second-order valence-corrected chi connectivity index (χ2v) is 16.9. The molecule has 0 aromatic heterocycles. The maximum absolute atomic E-state index is 3.69. The van der Waals surface area contributed by atoms with E-state index in [-0.39, 0.29) is 0 Å². The molecule has 10 rings (SSSR count). The summed E-state index contributed by atoms with van der Waals surface area (Å²) in [6.45, 7) is 12.5.